The fourth-order valence-corrected chi connectivity index (χ4v) is 0.860. The molecule has 0 rings (SSSR count). The summed E-state index contributed by atoms with van der Waals surface area (Å²) in [6, 6.07) is 0. The Morgan fingerprint density at radius 3 is 2.36 bits per heavy atom. The van der Waals surface area contributed by atoms with Crippen LogP contribution in [0.25, 0.3) is 0 Å². The van der Waals surface area contributed by atoms with Crippen molar-refractivity contribution in [3.05, 3.63) is 0 Å². The Balaban J connectivity index is 4.16. The number of carbonyl (C=O) groups is 1. The lowest BCUT2D eigenvalue weighted by atomic mass is 10.1. The van der Waals surface area contributed by atoms with E-state index in [2.05, 4.69) is 0 Å². The molecule has 4 nitrogen and oxygen atoms in total. The average molecular weight is 204 g/mol. The highest BCUT2D eigenvalue weighted by atomic mass is 16.7. The highest BCUT2D eigenvalue weighted by Crippen LogP contribution is 2.15. The second-order valence-corrected chi connectivity index (χ2v) is 3.51. The molecule has 0 aliphatic carbocycles. The predicted molar refractivity (Wildman–Crippen MR) is 53.1 cm³/mol. The molecule has 0 aliphatic rings. The molecule has 0 amide bonds. The van der Waals surface area contributed by atoms with Crippen molar-refractivity contribution in [1.29, 1.82) is 0 Å². The summed E-state index contributed by atoms with van der Waals surface area (Å²) >= 11 is 0. The molecule has 0 aromatic rings. The molecule has 0 spiro atoms. The van der Waals surface area contributed by atoms with E-state index in [0.717, 1.165) is 6.42 Å². The maximum atomic E-state index is 10.9. The molecule has 0 aliphatic heterocycles. The van der Waals surface area contributed by atoms with E-state index in [1.807, 2.05) is 13.8 Å². The molecule has 0 saturated heterocycles. The topological polar surface area (TPSA) is 55.8 Å². The lowest BCUT2D eigenvalue weighted by molar-refractivity contribution is -0.238. The monoisotopic (exact) mass is 204 g/mol. The highest BCUT2D eigenvalue weighted by molar-refractivity contribution is 5.75. The van der Waals surface area contributed by atoms with Gasteiger partial charge in [0.15, 0.2) is 0 Å². The van der Waals surface area contributed by atoms with Crippen LogP contribution in [0.3, 0.4) is 0 Å². The van der Waals surface area contributed by atoms with Crippen molar-refractivity contribution < 1.29 is 19.4 Å². The lowest BCUT2D eigenvalue weighted by Crippen LogP contribution is -2.42. The van der Waals surface area contributed by atoms with E-state index in [-0.39, 0.29) is 0 Å². The van der Waals surface area contributed by atoms with Gasteiger partial charge in [-0.3, -0.25) is 0 Å². The van der Waals surface area contributed by atoms with Crippen LogP contribution in [0.2, 0.25) is 0 Å². The van der Waals surface area contributed by atoms with E-state index in [0.29, 0.717) is 19.1 Å². The van der Waals surface area contributed by atoms with E-state index >= 15 is 0 Å². The first-order valence-electron chi connectivity index (χ1n) is 4.97. The summed E-state index contributed by atoms with van der Waals surface area (Å²) in [6.07, 6.45) is 0.960. The quantitative estimate of drug-likeness (QED) is 0.643. The Bertz CT molecular complexity index is 181. The molecular formula is C10H20O4. The van der Waals surface area contributed by atoms with E-state index in [4.69, 9.17) is 14.6 Å². The SMILES string of the molecule is CCO[C@@](C)(OC[C@@H](C)CC)C(=O)O. The highest BCUT2D eigenvalue weighted by Gasteiger charge is 2.35. The van der Waals surface area contributed by atoms with Crippen molar-refractivity contribution >= 4 is 5.97 Å². The molecule has 14 heavy (non-hydrogen) atoms. The number of aliphatic carboxylic acids is 1. The van der Waals surface area contributed by atoms with E-state index in [1.165, 1.54) is 6.92 Å². The lowest BCUT2D eigenvalue weighted by Gasteiger charge is -2.26. The first-order valence-corrected chi connectivity index (χ1v) is 4.97. The Hall–Kier alpha value is -0.610. The molecule has 0 fully saturated rings. The summed E-state index contributed by atoms with van der Waals surface area (Å²) in [4.78, 5) is 10.9. The largest absolute Gasteiger partial charge is 0.477 e. The van der Waals surface area contributed by atoms with E-state index in [1.54, 1.807) is 6.92 Å². The number of hydrogen-bond acceptors (Lipinski definition) is 3. The van der Waals surface area contributed by atoms with Crippen LogP contribution in [-0.2, 0) is 14.3 Å². The Morgan fingerprint density at radius 2 is 2.00 bits per heavy atom. The van der Waals surface area contributed by atoms with Gasteiger partial charge in [0.05, 0.1) is 6.61 Å². The summed E-state index contributed by atoms with van der Waals surface area (Å²) in [5.74, 6) is -2.24. The Kier molecular flexibility index (Phi) is 5.72. The fraction of sp³-hybridized carbons (Fsp3) is 0.900. The molecule has 0 unspecified atom stereocenters. The van der Waals surface area contributed by atoms with Gasteiger partial charge in [0.2, 0.25) is 0 Å². The third-order valence-electron chi connectivity index (χ3n) is 2.15. The van der Waals surface area contributed by atoms with Gasteiger partial charge in [0, 0.05) is 13.5 Å². The van der Waals surface area contributed by atoms with Gasteiger partial charge in [0.1, 0.15) is 0 Å². The summed E-state index contributed by atoms with van der Waals surface area (Å²) in [5.41, 5.74) is 0. The Morgan fingerprint density at radius 1 is 1.43 bits per heavy atom. The molecule has 0 heterocycles. The second kappa shape index (κ2) is 5.98. The first-order chi connectivity index (χ1) is 6.46. The van der Waals surface area contributed by atoms with Crippen LogP contribution in [-0.4, -0.2) is 30.1 Å². The zero-order chi connectivity index (χ0) is 11.2. The van der Waals surface area contributed by atoms with Gasteiger partial charge in [-0.15, -0.1) is 0 Å². The molecular weight excluding hydrogens is 184 g/mol. The van der Waals surface area contributed by atoms with Crippen LogP contribution in [0.1, 0.15) is 34.1 Å². The minimum absolute atomic E-state index is 0.323. The van der Waals surface area contributed by atoms with Gasteiger partial charge in [-0.25, -0.2) is 4.79 Å². The van der Waals surface area contributed by atoms with Gasteiger partial charge in [-0.05, 0) is 12.8 Å². The first kappa shape index (κ1) is 13.4. The third kappa shape index (κ3) is 4.07. The van der Waals surface area contributed by atoms with Crippen LogP contribution in [0.15, 0.2) is 0 Å². The number of carboxylic acids is 1. The molecule has 0 aromatic carbocycles. The van der Waals surface area contributed by atoms with Crippen molar-refractivity contribution in [2.45, 2.75) is 39.9 Å². The Labute approximate surface area is 85.2 Å². The maximum Gasteiger partial charge on any atom is 0.364 e. The van der Waals surface area contributed by atoms with Gasteiger partial charge in [-0.2, -0.15) is 0 Å². The van der Waals surface area contributed by atoms with E-state index in [9.17, 15) is 4.79 Å². The van der Waals surface area contributed by atoms with Crippen molar-refractivity contribution in [2.75, 3.05) is 13.2 Å². The van der Waals surface area contributed by atoms with Gasteiger partial charge in [0.25, 0.3) is 5.79 Å². The number of carboxylic acid groups (broad SMARTS) is 1. The fourth-order valence-electron chi connectivity index (χ4n) is 0.860. The van der Waals surface area contributed by atoms with Crippen LogP contribution in [0, 0.1) is 5.92 Å². The molecule has 1 N–H and O–H groups in total. The molecule has 2 atom stereocenters. The molecule has 0 saturated carbocycles. The maximum absolute atomic E-state index is 10.9. The molecule has 84 valence electrons. The average Bonchev–Trinajstić information content (AvgIpc) is 2.14. The normalized spacial score (nSPS) is 17.4. The van der Waals surface area contributed by atoms with Gasteiger partial charge < -0.3 is 14.6 Å². The van der Waals surface area contributed by atoms with Crippen LogP contribution in [0.4, 0.5) is 0 Å². The van der Waals surface area contributed by atoms with Gasteiger partial charge >= 0.3 is 5.97 Å². The molecule has 0 bridgehead atoms. The zero-order valence-electron chi connectivity index (χ0n) is 9.37. The minimum Gasteiger partial charge on any atom is -0.477 e. The van der Waals surface area contributed by atoms with Gasteiger partial charge in [-0.1, -0.05) is 20.3 Å². The molecule has 4 heteroatoms. The second-order valence-electron chi connectivity index (χ2n) is 3.51. The number of rotatable bonds is 7. The summed E-state index contributed by atoms with van der Waals surface area (Å²) < 4.78 is 10.3. The predicted octanol–water partition coefficient (Wildman–Crippen LogP) is 1.89. The van der Waals surface area contributed by atoms with E-state index < -0.39 is 11.8 Å². The van der Waals surface area contributed by atoms with Crippen LogP contribution in [0.5, 0.6) is 0 Å². The van der Waals surface area contributed by atoms with Crippen molar-refractivity contribution in [1.82, 2.24) is 0 Å². The minimum atomic E-state index is -1.50. The van der Waals surface area contributed by atoms with Crippen molar-refractivity contribution in [2.24, 2.45) is 5.92 Å². The summed E-state index contributed by atoms with van der Waals surface area (Å²) in [7, 11) is 0. The number of ether oxygens (including phenoxy) is 2. The summed E-state index contributed by atoms with van der Waals surface area (Å²) in [6.45, 7) is 7.94. The summed E-state index contributed by atoms with van der Waals surface area (Å²) in [5, 5.41) is 8.90. The van der Waals surface area contributed by atoms with Crippen molar-refractivity contribution in [3.8, 4) is 0 Å². The van der Waals surface area contributed by atoms with Crippen LogP contribution >= 0.6 is 0 Å². The third-order valence-corrected chi connectivity index (χ3v) is 2.15. The zero-order valence-corrected chi connectivity index (χ0v) is 9.37. The standard InChI is InChI=1S/C10H20O4/c1-5-8(3)7-14-10(4,9(11)12)13-6-2/h8H,5-7H2,1-4H3,(H,11,12)/t8-,10-/m0/s1. The molecule has 0 aromatic heterocycles. The number of hydrogen-bond donors (Lipinski definition) is 1. The molecule has 0 radical (unpaired) electrons. The van der Waals surface area contributed by atoms with Crippen LogP contribution < -0.4 is 0 Å². The van der Waals surface area contributed by atoms with Crippen molar-refractivity contribution in [3.63, 3.8) is 0 Å². The smallest absolute Gasteiger partial charge is 0.364 e.